The highest BCUT2D eigenvalue weighted by molar-refractivity contribution is 5.84. The molecule has 22 heavy (non-hydrogen) atoms. The standard InChI is InChI=1S/C20H21FO/c1-3-4-14-5-7-15(8-6-14)16-9-11-18-17(13-16)10-12-19(22-2)20(18)21/h5-8,10,12-13H,3-4,9,11H2,1-2H3. The maximum atomic E-state index is 14.3. The van der Waals surface area contributed by atoms with E-state index in [2.05, 4.69) is 37.3 Å². The van der Waals surface area contributed by atoms with Gasteiger partial charge in [-0.05, 0) is 53.2 Å². The molecule has 2 aromatic carbocycles. The van der Waals surface area contributed by atoms with Crippen LogP contribution in [-0.2, 0) is 12.8 Å². The Hall–Kier alpha value is -2.09. The maximum absolute atomic E-state index is 14.3. The number of benzene rings is 2. The third-order valence-electron chi connectivity index (χ3n) is 4.30. The zero-order valence-corrected chi connectivity index (χ0v) is 13.2. The van der Waals surface area contributed by atoms with Crippen molar-refractivity contribution < 1.29 is 9.13 Å². The van der Waals surface area contributed by atoms with Crippen LogP contribution in [0.15, 0.2) is 36.4 Å². The lowest BCUT2D eigenvalue weighted by molar-refractivity contribution is 0.384. The largest absolute Gasteiger partial charge is 0.494 e. The van der Waals surface area contributed by atoms with E-state index >= 15 is 0 Å². The summed E-state index contributed by atoms with van der Waals surface area (Å²) in [6, 6.07) is 12.4. The number of aryl methyl sites for hydroxylation is 1. The Balaban J connectivity index is 1.92. The molecule has 0 atom stereocenters. The Kier molecular flexibility index (Phi) is 4.28. The molecule has 1 aliphatic carbocycles. The highest BCUT2D eigenvalue weighted by atomic mass is 19.1. The smallest absolute Gasteiger partial charge is 0.168 e. The van der Waals surface area contributed by atoms with E-state index < -0.39 is 0 Å². The molecule has 0 amide bonds. The summed E-state index contributed by atoms with van der Waals surface area (Å²) in [7, 11) is 1.51. The van der Waals surface area contributed by atoms with Crippen LogP contribution in [-0.4, -0.2) is 7.11 Å². The van der Waals surface area contributed by atoms with Crippen molar-refractivity contribution in [2.75, 3.05) is 7.11 Å². The highest BCUT2D eigenvalue weighted by Gasteiger charge is 2.18. The minimum atomic E-state index is -0.214. The molecule has 0 radical (unpaired) electrons. The van der Waals surface area contributed by atoms with Gasteiger partial charge in [-0.15, -0.1) is 0 Å². The van der Waals surface area contributed by atoms with Crippen LogP contribution in [0.25, 0.3) is 11.6 Å². The second-order valence-electron chi connectivity index (χ2n) is 5.77. The van der Waals surface area contributed by atoms with Gasteiger partial charge in [0, 0.05) is 0 Å². The number of rotatable bonds is 4. The predicted octanol–water partition coefficient (Wildman–Crippen LogP) is 5.27. The second-order valence-corrected chi connectivity index (χ2v) is 5.77. The number of ether oxygens (including phenoxy) is 1. The molecule has 114 valence electrons. The van der Waals surface area contributed by atoms with E-state index in [-0.39, 0.29) is 5.82 Å². The third kappa shape index (κ3) is 2.78. The van der Waals surface area contributed by atoms with Crippen molar-refractivity contribution >= 4 is 11.6 Å². The highest BCUT2D eigenvalue weighted by Crippen LogP contribution is 2.34. The van der Waals surface area contributed by atoms with Crippen molar-refractivity contribution in [1.82, 2.24) is 0 Å². The van der Waals surface area contributed by atoms with Crippen molar-refractivity contribution in [2.45, 2.75) is 32.6 Å². The number of hydrogen-bond acceptors (Lipinski definition) is 1. The summed E-state index contributed by atoms with van der Waals surface area (Å²) in [6.45, 7) is 2.19. The minimum absolute atomic E-state index is 0.214. The molecule has 0 fully saturated rings. The van der Waals surface area contributed by atoms with Crippen molar-refractivity contribution in [3.05, 3.63) is 64.5 Å². The number of halogens is 1. The molecule has 0 aliphatic heterocycles. The average molecular weight is 296 g/mol. The fourth-order valence-electron chi connectivity index (χ4n) is 3.08. The zero-order valence-electron chi connectivity index (χ0n) is 13.2. The lowest BCUT2D eigenvalue weighted by Crippen LogP contribution is -2.04. The first-order valence-corrected chi connectivity index (χ1v) is 7.88. The molecule has 0 spiro atoms. The van der Waals surface area contributed by atoms with E-state index in [4.69, 9.17) is 4.74 Å². The quantitative estimate of drug-likeness (QED) is 0.746. The second kappa shape index (κ2) is 6.35. The van der Waals surface area contributed by atoms with Gasteiger partial charge in [-0.3, -0.25) is 0 Å². The van der Waals surface area contributed by atoms with Crippen LogP contribution in [0.1, 0.15) is 42.0 Å². The number of methoxy groups -OCH3 is 1. The fraction of sp³-hybridized carbons (Fsp3) is 0.300. The predicted molar refractivity (Wildman–Crippen MR) is 89.6 cm³/mol. The zero-order chi connectivity index (χ0) is 15.5. The summed E-state index contributed by atoms with van der Waals surface area (Å²) in [5.41, 5.74) is 5.63. The van der Waals surface area contributed by atoms with Gasteiger partial charge in [-0.1, -0.05) is 49.8 Å². The van der Waals surface area contributed by atoms with E-state index in [1.807, 2.05) is 6.07 Å². The third-order valence-corrected chi connectivity index (χ3v) is 4.30. The summed E-state index contributed by atoms with van der Waals surface area (Å²) in [5.74, 6) is 0.119. The van der Waals surface area contributed by atoms with E-state index in [1.165, 1.54) is 23.8 Å². The molecule has 2 heteroatoms. The number of allylic oxidation sites excluding steroid dienone is 1. The first-order valence-electron chi connectivity index (χ1n) is 7.88. The summed E-state index contributed by atoms with van der Waals surface area (Å²) < 4.78 is 19.3. The lowest BCUT2D eigenvalue weighted by Gasteiger charge is -2.19. The molecule has 0 saturated heterocycles. The Bertz CT molecular complexity index is 698. The number of fused-ring (bicyclic) bond motifs is 1. The Morgan fingerprint density at radius 2 is 1.82 bits per heavy atom. The molecule has 0 saturated carbocycles. The average Bonchev–Trinajstić information content (AvgIpc) is 2.56. The fourth-order valence-corrected chi connectivity index (χ4v) is 3.08. The Morgan fingerprint density at radius 3 is 2.50 bits per heavy atom. The van der Waals surface area contributed by atoms with Crippen LogP contribution in [0.3, 0.4) is 0 Å². The summed E-state index contributed by atoms with van der Waals surface area (Å²) in [4.78, 5) is 0. The van der Waals surface area contributed by atoms with Gasteiger partial charge in [0.2, 0.25) is 0 Å². The maximum Gasteiger partial charge on any atom is 0.168 e. The summed E-state index contributed by atoms with van der Waals surface area (Å²) in [5, 5.41) is 0. The van der Waals surface area contributed by atoms with E-state index in [0.29, 0.717) is 5.75 Å². The molecule has 0 aromatic heterocycles. The summed E-state index contributed by atoms with van der Waals surface area (Å²) >= 11 is 0. The minimum Gasteiger partial charge on any atom is -0.494 e. The molecule has 2 aromatic rings. The molecule has 0 N–H and O–H groups in total. The van der Waals surface area contributed by atoms with Crippen LogP contribution in [0.4, 0.5) is 4.39 Å². The molecule has 0 heterocycles. The SMILES string of the molecule is CCCc1ccc(C2=Cc3ccc(OC)c(F)c3CC2)cc1. The van der Waals surface area contributed by atoms with Crippen LogP contribution in [0.5, 0.6) is 5.75 Å². The molecule has 3 rings (SSSR count). The first-order chi connectivity index (χ1) is 10.7. The lowest BCUT2D eigenvalue weighted by atomic mass is 9.88. The molecular weight excluding hydrogens is 275 g/mol. The van der Waals surface area contributed by atoms with Gasteiger partial charge in [-0.2, -0.15) is 0 Å². The van der Waals surface area contributed by atoms with Crippen LogP contribution >= 0.6 is 0 Å². The van der Waals surface area contributed by atoms with Gasteiger partial charge < -0.3 is 4.74 Å². The van der Waals surface area contributed by atoms with Gasteiger partial charge in [0.05, 0.1) is 7.11 Å². The molecule has 0 bridgehead atoms. The van der Waals surface area contributed by atoms with Crippen molar-refractivity contribution in [2.24, 2.45) is 0 Å². The molecular formula is C20H21FO. The molecule has 1 nitrogen and oxygen atoms in total. The van der Waals surface area contributed by atoms with Gasteiger partial charge >= 0.3 is 0 Å². The van der Waals surface area contributed by atoms with Gasteiger partial charge in [0.15, 0.2) is 11.6 Å². The van der Waals surface area contributed by atoms with Crippen molar-refractivity contribution in [3.8, 4) is 5.75 Å². The molecule has 0 unspecified atom stereocenters. The topological polar surface area (TPSA) is 9.23 Å². The van der Waals surface area contributed by atoms with E-state index in [0.717, 1.165) is 36.8 Å². The van der Waals surface area contributed by atoms with Gasteiger partial charge in [0.25, 0.3) is 0 Å². The van der Waals surface area contributed by atoms with Crippen LogP contribution in [0, 0.1) is 5.82 Å². The van der Waals surface area contributed by atoms with E-state index in [1.54, 1.807) is 6.07 Å². The van der Waals surface area contributed by atoms with Gasteiger partial charge in [-0.25, -0.2) is 4.39 Å². The van der Waals surface area contributed by atoms with Gasteiger partial charge in [0.1, 0.15) is 0 Å². The summed E-state index contributed by atoms with van der Waals surface area (Å²) in [6.07, 6.45) is 5.98. The van der Waals surface area contributed by atoms with Crippen molar-refractivity contribution in [3.63, 3.8) is 0 Å². The van der Waals surface area contributed by atoms with E-state index in [9.17, 15) is 4.39 Å². The van der Waals surface area contributed by atoms with Crippen LogP contribution in [0.2, 0.25) is 0 Å². The first kappa shape index (κ1) is 14.8. The normalized spacial score (nSPS) is 13.5. The van der Waals surface area contributed by atoms with Crippen LogP contribution < -0.4 is 4.74 Å². The Labute approximate surface area is 131 Å². The Morgan fingerprint density at radius 1 is 1.05 bits per heavy atom. The molecule has 1 aliphatic rings. The number of hydrogen-bond donors (Lipinski definition) is 0. The monoisotopic (exact) mass is 296 g/mol. The van der Waals surface area contributed by atoms with Crippen molar-refractivity contribution in [1.29, 1.82) is 0 Å².